The van der Waals surface area contributed by atoms with Crippen molar-refractivity contribution in [1.29, 1.82) is 0 Å². The maximum Gasteiger partial charge on any atom is 0.295 e. The number of benzene rings is 2. The van der Waals surface area contributed by atoms with Gasteiger partial charge in [0.2, 0.25) is 10.0 Å². The fraction of sp³-hybridized carbons (Fsp3) is 0.0714. The average Bonchev–Trinajstić information content (AvgIpc) is 2.51. The van der Waals surface area contributed by atoms with Crippen molar-refractivity contribution in [2.45, 2.75) is 11.8 Å². The molecule has 0 heterocycles. The Morgan fingerprint density at radius 3 is 2.54 bits per heavy atom. The number of nitrogens with zero attached hydrogens (tertiary/aromatic N) is 2. The summed E-state index contributed by atoms with van der Waals surface area (Å²) in [5.41, 5.74) is 3.61. The number of nitro benzene ring substituents is 1. The van der Waals surface area contributed by atoms with E-state index >= 15 is 0 Å². The van der Waals surface area contributed by atoms with E-state index in [1.54, 1.807) is 6.92 Å². The Morgan fingerprint density at radius 2 is 1.96 bits per heavy atom. The number of hydrogen-bond acceptors (Lipinski definition) is 6. The lowest BCUT2D eigenvalue weighted by Gasteiger charge is -2.07. The topological polar surface area (TPSA) is 128 Å². The second-order valence-electron chi connectivity index (χ2n) is 4.77. The number of hydrazone groups is 1. The normalized spacial score (nSPS) is 12.0. The lowest BCUT2D eigenvalue weighted by molar-refractivity contribution is -0.384. The summed E-state index contributed by atoms with van der Waals surface area (Å²) in [6, 6.07) is 10.7. The highest BCUT2D eigenvalue weighted by atomic mass is 79.9. The predicted octanol–water partition coefficient (Wildman–Crippen LogP) is 2.84. The van der Waals surface area contributed by atoms with E-state index in [0.29, 0.717) is 5.71 Å². The van der Waals surface area contributed by atoms with Gasteiger partial charge in [-0.25, -0.2) is 13.6 Å². The number of hydrogen-bond donors (Lipinski definition) is 2. The Balaban J connectivity index is 2.38. The molecule has 0 atom stereocenters. The number of primary sulfonamides is 1. The van der Waals surface area contributed by atoms with Crippen LogP contribution in [0.15, 0.2) is 56.9 Å². The zero-order valence-corrected chi connectivity index (χ0v) is 14.8. The monoisotopic (exact) mass is 412 g/mol. The standard InChI is InChI=1S/C14H13BrN4O4S/c1-9(11-4-2-3-5-12(11)15)17-18-13-7-6-10(24(16,22)23)8-14(13)19(20)21/h2-8,18H,1H3,(H2,16,22,23). The van der Waals surface area contributed by atoms with Crippen LogP contribution in [0.4, 0.5) is 11.4 Å². The third-order valence-electron chi connectivity index (χ3n) is 3.10. The van der Waals surface area contributed by atoms with Gasteiger partial charge < -0.3 is 0 Å². The Hall–Kier alpha value is -2.30. The summed E-state index contributed by atoms with van der Waals surface area (Å²) in [7, 11) is -4.03. The van der Waals surface area contributed by atoms with Crippen molar-refractivity contribution in [3.63, 3.8) is 0 Å². The molecule has 24 heavy (non-hydrogen) atoms. The van der Waals surface area contributed by atoms with E-state index in [9.17, 15) is 18.5 Å². The van der Waals surface area contributed by atoms with Gasteiger partial charge in [0.1, 0.15) is 5.69 Å². The van der Waals surface area contributed by atoms with E-state index in [2.05, 4.69) is 26.5 Å². The second-order valence-corrected chi connectivity index (χ2v) is 7.19. The highest BCUT2D eigenvalue weighted by Crippen LogP contribution is 2.27. The maximum absolute atomic E-state index is 11.3. The minimum atomic E-state index is -4.03. The molecule has 0 fully saturated rings. The van der Waals surface area contributed by atoms with Crippen LogP contribution in [-0.2, 0) is 10.0 Å². The quantitative estimate of drug-likeness (QED) is 0.443. The first-order chi connectivity index (χ1) is 11.2. The fourth-order valence-electron chi connectivity index (χ4n) is 1.89. The van der Waals surface area contributed by atoms with Gasteiger partial charge in [0.15, 0.2) is 0 Å². The summed E-state index contributed by atoms with van der Waals surface area (Å²) in [6.07, 6.45) is 0. The van der Waals surface area contributed by atoms with Crippen molar-refractivity contribution in [1.82, 2.24) is 0 Å². The third kappa shape index (κ3) is 4.16. The maximum atomic E-state index is 11.3. The highest BCUT2D eigenvalue weighted by molar-refractivity contribution is 9.10. The molecular formula is C14H13BrN4O4S. The van der Waals surface area contributed by atoms with E-state index in [-0.39, 0.29) is 10.6 Å². The van der Waals surface area contributed by atoms with Crippen LogP contribution in [0.2, 0.25) is 0 Å². The highest BCUT2D eigenvalue weighted by Gasteiger charge is 2.19. The molecule has 10 heteroatoms. The van der Waals surface area contributed by atoms with Crippen molar-refractivity contribution in [3.05, 3.63) is 62.6 Å². The number of anilines is 1. The molecule has 0 bridgehead atoms. The molecule has 0 aliphatic rings. The lowest BCUT2D eigenvalue weighted by atomic mass is 10.1. The minimum Gasteiger partial charge on any atom is -0.271 e. The summed E-state index contributed by atoms with van der Waals surface area (Å²) < 4.78 is 23.4. The van der Waals surface area contributed by atoms with Gasteiger partial charge in [-0.2, -0.15) is 5.10 Å². The van der Waals surface area contributed by atoms with Crippen LogP contribution >= 0.6 is 15.9 Å². The van der Waals surface area contributed by atoms with E-state index < -0.39 is 20.6 Å². The molecule has 126 valence electrons. The molecule has 3 N–H and O–H groups in total. The molecule has 0 radical (unpaired) electrons. The second kappa shape index (κ2) is 7.07. The molecule has 0 saturated carbocycles. The van der Waals surface area contributed by atoms with Gasteiger partial charge >= 0.3 is 0 Å². The summed E-state index contributed by atoms with van der Waals surface area (Å²) in [5.74, 6) is 0. The van der Waals surface area contributed by atoms with Crippen LogP contribution in [0.1, 0.15) is 12.5 Å². The van der Waals surface area contributed by atoms with Gasteiger partial charge in [0, 0.05) is 16.1 Å². The van der Waals surface area contributed by atoms with E-state index in [1.807, 2.05) is 24.3 Å². The van der Waals surface area contributed by atoms with Gasteiger partial charge in [0.05, 0.1) is 15.5 Å². The summed E-state index contributed by atoms with van der Waals surface area (Å²) >= 11 is 3.39. The Labute approximate surface area is 146 Å². The van der Waals surface area contributed by atoms with Crippen molar-refractivity contribution < 1.29 is 13.3 Å². The SMILES string of the molecule is CC(=NNc1ccc(S(N)(=O)=O)cc1[N+](=O)[O-])c1ccccc1Br. The van der Waals surface area contributed by atoms with Crippen LogP contribution in [0, 0.1) is 10.1 Å². The largest absolute Gasteiger partial charge is 0.295 e. The molecular weight excluding hydrogens is 400 g/mol. The molecule has 0 aliphatic heterocycles. The van der Waals surface area contributed by atoms with E-state index in [0.717, 1.165) is 16.1 Å². The molecule has 8 nitrogen and oxygen atoms in total. The lowest BCUT2D eigenvalue weighted by Crippen LogP contribution is -2.12. The molecule has 2 aromatic carbocycles. The van der Waals surface area contributed by atoms with Crippen LogP contribution in [0.25, 0.3) is 0 Å². The van der Waals surface area contributed by atoms with Crippen molar-refractivity contribution >= 4 is 43.0 Å². The van der Waals surface area contributed by atoms with E-state index in [4.69, 9.17) is 5.14 Å². The van der Waals surface area contributed by atoms with Gasteiger partial charge in [-0.05, 0) is 25.1 Å². The van der Waals surface area contributed by atoms with Gasteiger partial charge in [0.25, 0.3) is 5.69 Å². The molecule has 0 spiro atoms. The third-order valence-corrected chi connectivity index (χ3v) is 4.70. The summed E-state index contributed by atoms with van der Waals surface area (Å²) in [6.45, 7) is 1.73. The Morgan fingerprint density at radius 1 is 1.29 bits per heavy atom. The summed E-state index contributed by atoms with van der Waals surface area (Å²) in [5, 5.41) is 20.2. The van der Waals surface area contributed by atoms with Crippen LogP contribution < -0.4 is 10.6 Å². The van der Waals surface area contributed by atoms with Crippen molar-refractivity contribution in [2.75, 3.05) is 5.43 Å². The molecule has 2 aromatic rings. The Bertz CT molecular complexity index is 928. The zero-order chi connectivity index (χ0) is 17.9. The smallest absolute Gasteiger partial charge is 0.271 e. The Kier molecular flexibility index (Phi) is 5.32. The molecule has 0 aromatic heterocycles. The van der Waals surface area contributed by atoms with Crippen molar-refractivity contribution in [2.24, 2.45) is 10.2 Å². The zero-order valence-electron chi connectivity index (χ0n) is 12.4. The number of nitrogens with two attached hydrogens (primary N) is 1. The number of halogens is 1. The fourth-order valence-corrected chi connectivity index (χ4v) is 3.00. The molecule has 0 unspecified atom stereocenters. The molecule has 0 amide bonds. The van der Waals surface area contributed by atoms with E-state index in [1.165, 1.54) is 12.1 Å². The first kappa shape index (κ1) is 18.0. The molecule has 2 rings (SSSR count). The van der Waals surface area contributed by atoms with Crippen LogP contribution in [0.3, 0.4) is 0 Å². The first-order valence-corrected chi connectivity index (χ1v) is 8.90. The van der Waals surface area contributed by atoms with Gasteiger partial charge in [-0.15, -0.1) is 0 Å². The average molecular weight is 413 g/mol. The van der Waals surface area contributed by atoms with Crippen molar-refractivity contribution in [3.8, 4) is 0 Å². The predicted molar refractivity (Wildman–Crippen MR) is 94.4 cm³/mol. The van der Waals surface area contributed by atoms with Gasteiger partial charge in [-0.3, -0.25) is 15.5 Å². The minimum absolute atomic E-state index is 0.0544. The number of rotatable bonds is 5. The molecule has 0 saturated heterocycles. The number of nitrogens with one attached hydrogen (secondary N) is 1. The first-order valence-electron chi connectivity index (χ1n) is 6.56. The number of nitro groups is 1. The van der Waals surface area contributed by atoms with Crippen LogP contribution in [-0.4, -0.2) is 19.1 Å². The summed E-state index contributed by atoms with van der Waals surface area (Å²) in [4.78, 5) is 10.1. The van der Waals surface area contributed by atoms with Gasteiger partial charge in [-0.1, -0.05) is 34.1 Å². The van der Waals surface area contributed by atoms with Crippen LogP contribution in [0.5, 0.6) is 0 Å². The molecule has 0 aliphatic carbocycles. The number of sulfonamides is 1.